The van der Waals surface area contributed by atoms with Gasteiger partial charge in [0.25, 0.3) is 0 Å². The third kappa shape index (κ3) is 5.64. The molecule has 0 atom stereocenters. The van der Waals surface area contributed by atoms with Gasteiger partial charge in [0.1, 0.15) is 11.6 Å². The number of ether oxygens (including phenoxy) is 2. The van der Waals surface area contributed by atoms with E-state index in [4.69, 9.17) is 19.6 Å². The van der Waals surface area contributed by atoms with E-state index in [2.05, 4.69) is 15.5 Å². The van der Waals surface area contributed by atoms with Crippen molar-refractivity contribution >= 4 is 34.6 Å². The van der Waals surface area contributed by atoms with Crippen LogP contribution in [0, 0.1) is 0 Å². The minimum atomic E-state index is -0.0439. The smallest absolute Gasteiger partial charge is 0.224 e. The SMILES string of the molecule is CCC(=O)Nc1ccccc1Nc1cc(N2CCOCC2)n2nc(COCc3ccccc3)cc2n1. The number of nitrogens with zero attached hydrogens (tertiary/aromatic N) is 4. The van der Waals surface area contributed by atoms with Gasteiger partial charge in [-0.05, 0) is 17.7 Å². The largest absolute Gasteiger partial charge is 0.378 e. The minimum absolute atomic E-state index is 0.0439. The van der Waals surface area contributed by atoms with Crippen molar-refractivity contribution in [2.45, 2.75) is 26.6 Å². The number of hydrogen-bond donors (Lipinski definition) is 2. The molecule has 5 rings (SSSR count). The molecule has 0 radical (unpaired) electrons. The van der Waals surface area contributed by atoms with Gasteiger partial charge in [-0.15, -0.1) is 0 Å². The van der Waals surface area contributed by atoms with Gasteiger partial charge in [0.2, 0.25) is 5.91 Å². The Hall–Kier alpha value is -3.95. The molecular weight excluding hydrogens is 456 g/mol. The highest BCUT2D eigenvalue weighted by atomic mass is 16.5. The van der Waals surface area contributed by atoms with E-state index in [9.17, 15) is 4.79 Å². The molecule has 36 heavy (non-hydrogen) atoms. The van der Waals surface area contributed by atoms with E-state index >= 15 is 0 Å². The van der Waals surface area contributed by atoms with Crippen LogP contribution in [0.2, 0.25) is 0 Å². The number of nitrogens with one attached hydrogen (secondary N) is 2. The molecule has 1 fully saturated rings. The van der Waals surface area contributed by atoms with Gasteiger partial charge < -0.3 is 25.0 Å². The zero-order valence-electron chi connectivity index (χ0n) is 20.3. The highest BCUT2D eigenvalue weighted by molar-refractivity contribution is 5.94. The van der Waals surface area contributed by atoms with Crippen LogP contribution in [0.25, 0.3) is 5.65 Å². The number of aromatic nitrogens is 3. The maximum Gasteiger partial charge on any atom is 0.224 e. The average molecular weight is 487 g/mol. The van der Waals surface area contributed by atoms with E-state index in [1.807, 2.05) is 78.2 Å². The van der Waals surface area contributed by atoms with Crippen LogP contribution in [0.1, 0.15) is 24.6 Å². The van der Waals surface area contributed by atoms with Gasteiger partial charge in [-0.25, -0.2) is 4.98 Å². The number of para-hydroxylation sites is 2. The fourth-order valence-electron chi connectivity index (χ4n) is 4.08. The maximum atomic E-state index is 12.0. The summed E-state index contributed by atoms with van der Waals surface area (Å²) in [6.45, 7) is 5.58. The molecule has 1 saturated heterocycles. The number of rotatable bonds is 9. The summed E-state index contributed by atoms with van der Waals surface area (Å²) in [5.74, 6) is 1.55. The summed E-state index contributed by atoms with van der Waals surface area (Å²) in [5, 5.41) is 11.1. The second kappa shape index (κ2) is 11.2. The summed E-state index contributed by atoms with van der Waals surface area (Å²) >= 11 is 0. The first-order valence-electron chi connectivity index (χ1n) is 12.2. The van der Waals surface area contributed by atoms with Crippen molar-refractivity contribution < 1.29 is 14.3 Å². The predicted molar refractivity (Wildman–Crippen MR) is 140 cm³/mol. The van der Waals surface area contributed by atoms with E-state index in [-0.39, 0.29) is 5.91 Å². The van der Waals surface area contributed by atoms with Crippen molar-refractivity contribution in [3.63, 3.8) is 0 Å². The Morgan fingerprint density at radius 2 is 1.75 bits per heavy atom. The van der Waals surface area contributed by atoms with E-state index in [1.54, 1.807) is 0 Å². The van der Waals surface area contributed by atoms with Gasteiger partial charge in [0, 0.05) is 31.6 Å². The molecule has 0 bridgehead atoms. The molecule has 4 aromatic rings. The highest BCUT2D eigenvalue weighted by Gasteiger charge is 2.18. The number of benzene rings is 2. The standard InChI is InChI=1S/C27H30N6O3/c1-2-26(34)29-23-11-7-6-10-22(23)28-24-17-27(32-12-14-35-15-13-32)33-25(30-24)16-21(31-33)19-36-18-20-8-4-3-5-9-20/h3-11,16-17H,2,12-15,18-19H2,1H3,(H,28,30)(H,29,34). The Balaban J connectivity index is 1.42. The van der Waals surface area contributed by atoms with Crippen molar-refractivity contribution in [2.24, 2.45) is 0 Å². The predicted octanol–water partition coefficient (Wildman–Crippen LogP) is 4.37. The van der Waals surface area contributed by atoms with Crippen molar-refractivity contribution in [2.75, 3.05) is 41.8 Å². The van der Waals surface area contributed by atoms with Crippen molar-refractivity contribution in [3.05, 3.63) is 78.0 Å². The lowest BCUT2D eigenvalue weighted by molar-refractivity contribution is -0.115. The number of amides is 1. The molecule has 3 heterocycles. The molecule has 2 aromatic heterocycles. The Labute approximate surface area is 210 Å². The highest BCUT2D eigenvalue weighted by Crippen LogP contribution is 2.28. The first kappa shape index (κ1) is 23.8. The molecule has 2 aromatic carbocycles. The van der Waals surface area contributed by atoms with Gasteiger partial charge in [0.05, 0.1) is 43.5 Å². The topological polar surface area (TPSA) is 93.0 Å². The lowest BCUT2D eigenvalue weighted by Gasteiger charge is -2.29. The van der Waals surface area contributed by atoms with Gasteiger partial charge in [0.15, 0.2) is 5.65 Å². The first-order chi connectivity index (χ1) is 17.7. The zero-order valence-corrected chi connectivity index (χ0v) is 20.3. The van der Waals surface area contributed by atoms with Gasteiger partial charge in [-0.1, -0.05) is 49.4 Å². The second-order valence-corrected chi connectivity index (χ2v) is 8.56. The lowest BCUT2D eigenvalue weighted by Crippen LogP contribution is -2.37. The summed E-state index contributed by atoms with van der Waals surface area (Å²) in [5.41, 5.74) is 4.13. The Morgan fingerprint density at radius 1 is 1.00 bits per heavy atom. The van der Waals surface area contributed by atoms with E-state index in [1.165, 1.54) is 0 Å². The molecule has 0 spiro atoms. The molecule has 0 aliphatic carbocycles. The molecule has 1 aliphatic heterocycles. The normalized spacial score (nSPS) is 13.6. The van der Waals surface area contributed by atoms with Crippen molar-refractivity contribution in [1.82, 2.24) is 14.6 Å². The molecule has 2 N–H and O–H groups in total. The maximum absolute atomic E-state index is 12.0. The van der Waals surface area contributed by atoms with Gasteiger partial charge in [-0.3, -0.25) is 4.79 Å². The van der Waals surface area contributed by atoms with Crippen LogP contribution in [0.3, 0.4) is 0 Å². The van der Waals surface area contributed by atoms with Crippen molar-refractivity contribution in [1.29, 1.82) is 0 Å². The van der Waals surface area contributed by atoms with Crippen LogP contribution >= 0.6 is 0 Å². The Bertz CT molecular complexity index is 1320. The van der Waals surface area contributed by atoms with Gasteiger partial charge >= 0.3 is 0 Å². The molecule has 1 amide bonds. The number of carbonyl (C=O) groups is 1. The van der Waals surface area contributed by atoms with Crippen LogP contribution in [0.4, 0.5) is 23.0 Å². The zero-order chi connectivity index (χ0) is 24.7. The monoisotopic (exact) mass is 486 g/mol. The van der Waals surface area contributed by atoms with Crippen LogP contribution in [0.5, 0.6) is 0 Å². The molecule has 186 valence electrons. The van der Waals surface area contributed by atoms with Gasteiger partial charge in [-0.2, -0.15) is 9.61 Å². The molecule has 9 heteroatoms. The summed E-state index contributed by atoms with van der Waals surface area (Å²) in [4.78, 5) is 19.1. The fraction of sp³-hybridized carbons (Fsp3) is 0.296. The third-order valence-corrected chi connectivity index (χ3v) is 5.94. The summed E-state index contributed by atoms with van der Waals surface area (Å²) in [6, 6.07) is 21.6. The summed E-state index contributed by atoms with van der Waals surface area (Å²) in [6.07, 6.45) is 0.407. The van der Waals surface area contributed by atoms with Crippen molar-refractivity contribution in [3.8, 4) is 0 Å². The lowest BCUT2D eigenvalue weighted by atomic mass is 10.2. The Morgan fingerprint density at radius 3 is 2.53 bits per heavy atom. The molecule has 0 saturated carbocycles. The quantitative estimate of drug-likeness (QED) is 0.363. The number of hydrogen-bond acceptors (Lipinski definition) is 7. The fourth-order valence-corrected chi connectivity index (χ4v) is 4.08. The average Bonchev–Trinajstić information content (AvgIpc) is 3.33. The minimum Gasteiger partial charge on any atom is -0.378 e. The van der Waals surface area contributed by atoms with E-state index in [0.29, 0.717) is 44.4 Å². The number of carbonyl (C=O) groups excluding carboxylic acids is 1. The third-order valence-electron chi connectivity index (χ3n) is 5.94. The van der Waals surface area contributed by atoms with E-state index < -0.39 is 0 Å². The second-order valence-electron chi connectivity index (χ2n) is 8.56. The van der Waals surface area contributed by atoms with Crippen LogP contribution in [-0.2, 0) is 27.5 Å². The summed E-state index contributed by atoms with van der Waals surface area (Å²) < 4.78 is 13.3. The Kier molecular flexibility index (Phi) is 7.39. The van der Waals surface area contributed by atoms with Crippen LogP contribution in [0.15, 0.2) is 66.7 Å². The molecule has 9 nitrogen and oxygen atoms in total. The molecular formula is C27H30N6O3. The number of fused-ring (bicyclic) bond motifs is 1. The molecule has 1 aliphatic rings. The number of morpholine rings is 1. The van der Waals surface area contributed by atoms with Crippen LogP contribution in [-0.4, -0.2) is 46.8 Å². The molecule has 0 unspecified atom stereocenters. The summed E-state index contributed by atoms with van der Waals surface area (Å²) in [7, 11) is 0. The van der Waals surface area contributed by atoms with E-state index in [0.717, 1.165) is 41.5 Å². The number of anilines is 4. The first-order valence-corrected chi connectivity index (χ1v) is 12.2. The van der Waals surface area contributed by atoms with Crippen LogP contribution < -0.4 is 15.5 Å².